The Bertz CT molecular complexity index is 976. The number of hydrogen-bond donors (Lipinski definition) is 2. The lowest BCUT2D eigenvalue weighted by Gasteiger charge is -2.30. The molecule has 0 fully saturated rings. The van der Waals surface area contributed by atoms with Crippen LogP contribution in [0.25, 0.3) is 6.08 Å². The third-order valence-corrected chi connectivity index (χ3v) is 4.57. The van der Waals surface area contributed by atoms with Gasteiger partial charge in [-0.25, -0.2) is 0 Å². The van der Waals surface area contributed by atoms with Crippen LogP contribution in [0.5, 0.6) is 0 Å². The van der Waals surface area contributed by atoms with Gasteiger partial charge in [0.05, 0.1) is 18.5 Å². The summed E-state index contributed by atoms with van der Waals surface area (Å²) in [5.74, 6) is -0.394. The summed E-state index contributed by atoms with van der Waals surface area (Å²) in [6.45, 7) is 4.24. The number of hydrogen-bond acceptors (Lipinski definition) is 5. The average molecular weight is 385 g/mol. The van der Waals surface area contributed by atoms with Gasteiger partial charge in [0.25, 0.3) is 0 Å². The van der Waals surface area contributed by atoms with E-state index < -0.39 is 11.9 Å². The zero-order valence-corrected chi connectivity index (χ0v) is 16.6. The van der Waals surface area contributed by atoms with Crippen LogP contribution < -0.4 is 11.1 Å². The van der Waals surface area contributed by atoms with Crippen molar-refractivity contribution in [2.75, 3.05) is 5.32 Å². The molecule has 0 aliphatic heterocycles. The summed E-state index contributed by atoms with van der Waals surface area (Å²) in [7, 11) is 0. The standard InChI is InChI=1S/C23H23N5O/c1-23(2)12-17(11-18(13-23)19(14-25)15-26)4-3-16-5-7-20(8-6-16)28-22(29)21(27)9-10-24/h3-8,11,21H,9,12-13,27H2,1-2H3,(H,28,29). The van der Waals surface area contributed by atoms with Crippen LogP contribution in [0.3, 0.4) is 0 Å². The quantitative estimate of drug-likeness (QED) is 0.742. The van der Waals surface area contributed by atoms with Gasteiger partial charge in [-0.05, 0) is 47.1 Å². The zero-order valence-electron chi connectivity index (χ0n) is 16.6. The van der Waals surface area contributed by atoms with Crippen molar-refractivity contribution in [2.45, 2.75) is 39.2 Å². The van der Waals surface area contributed by atoms with E-state index in [2.05, 4.69) is 19.2 Å². The van der Waals surface area contributed by atoms with E-state index in [9.17, 15) is 4.79 Å². The maximum Gasteiger partial charge on any atom is 0.242 e. The van der Waals surface area contributed by atoms with Gasteiger partial charge in [0.2, 0.25) is 5.91 Å². The molecule has 0 aromatic heterocycles. The molecule has 0 heterocycles. The number of anilines is 1. The summed E-state index contributed by atoms with van der Waals surface area (Å²) in [6.07, 6.45) is 7.38. The molecule has 1 aliphatic carbocycles. The second-order valence-corrected chi connectivity index (χ2v) is 7.77. The van der Waals surface area contributed by atoms with Gasteiger partial charge in [-0.3, -0.25) is 4.79 Å². The molecule has 1 amide bonds. The van der Waals surface area contributed by atoms with E-state index in [1.54, 1.807) is 12.1 Å². The summed E-state index contributed by atoms with van der Waals surface area (Å²) < 4.78 is 0. The Morgan fingerprint density at radius 2 is 1.83 bits per heavy atom. The fraction of sp³-hybridized carbons (Fsp3) is 0.304. The second kappa shape index (κ2) is 9.51. The summed E-state index contributed by atoms with van der Waals surface area (Å²) >= 11 is 0. The van der Waals surface area contributed by atoms with Crippen molar-refractivity contribution in [3.63, 3.8) is 0 Å². The minimum atomic E-state index is -0.852. The molecule has 6 nitrogen and oxygen atoms in total. The number of rotatable bonds is 5. The zero-order chi connectivity index (χ0) is 21.4. The number of nitrogens with one attached hydrogen (secondary N) is 1. The van der Waals surface area contributed by atoms with Crippen LogP contribution in [-0.2, 0) is 4.79 Å². The largest absolute Gasteiger partial charge is 0.325 e. The monoisotopic (exact) mass is 385 g/mol. The number of carbonyl (C=O) groups excluding carboxylic acids is 1. The molecule has 0 radical (unpaired) electrons. The molecule has 0 spiro atoms. The SMILES string of the molecule is CC1(C)CC(C=Cc2ccc(NC(=O)C(N)CC#N)cc2)=CC(=C(C#N)C#N)C1. The number of benzene rings is 1. The number of nitrogens with two attached hydrogens (primary N) is 1. The molecule has 1 aromatic carbocycles. The molecular weight excluding hydrogens is 362 g/mol. The maximum absolute atomic E-state index is 11.9. The molecule has 2 rings (SSSR count). The molecule has 6 heteroatoms. The number of amides is 1. The van der Waals surface area contributed by atoms with Gasteiger partial charge >= 0.3 is 0 Å². The van der Waals surface area contributed by atoms with E-state index >= 15 is 0 Å². The highest BCUT2D eigenvalue weighted by Gasteiger charge is 2.26. The predicted molar refractivity (Wildman–Crippen MR) is 112 cm³/mol. The summed E-state index contributed by atoms with van der Waals surface area (Å²) in [4.78, 5) is 11.9. The van der Waals surface area contributed by atoms with Crippen molar-refractivity contribution in [3.8, 4) is 18.2 Å². The van der Waals surface area contributed by atoms with Crippen LogP contribution in [0.2, 0.25) is 0 Å². The molecule has 1 atom stereocenters. The third kappa shape index (κ3) is 6.18. The molecule has 3 N–H and O–H groups in total. The van der Waals surface area contributed by atoms with Crippen molar-refractivity contribution >= 4 is 17.7 Å². The van der Waals surface area contributed by atoms with Crippen molar-refractivity contribution in [1.29, 1.82) is 15.8 Å². The molecule has 146 valence electrons. The first-order valence-corrected chi connectivity index (χ1v) is 9.23. The smallest absolute Gasteiger partial charge is 0.242 e. The van der Waals surface area contributed by atoms with Crippen LogP contribution in [0, 0.1) is 39.4 Å². The Hall–Kier alpha value is -3.66. The molecule has 0 bridgehead atoms. The van der Waals surface area contributed by atoms with Gasteiger partial charge < -0.3 is 11.1 Å². The van der Waals surface area contributed by atoms with Crippen LogP contribution in [0.4, 0.5) is 5.69 Å². The van der Waals surface area contributed by atoms with Crippen molar-refractivity contribution in [1.82, 2.24) is 0 Å². The molecule has 0 saturated heterocycles. The van der Waals surface area contributed by atoms with E-state index in [1.807, 2.05) is 48.6 Å². The van der Waals surface area contributed by atoms with Crippen molar-refractivity contribution in [2.24, 2.45) is 11.1 Å². The van der Waals surface area contributed by atoms with E-state index in [0.29, 0.717) is 12.1 Å². The Morgan fingerprint density at radius 1 is 1.17 bits per heavy atom. The minimum Gasteiger partial charge on any atom is -0.325 e. The summed E-state index contributed by atoms with van der Waals surface area (Å²) in [5, 5.41) is 29.6. The highest BCUT2D eigenvalue weighted by atomic mass is 16.2. The molecule has 1 unspecified atom stereocenters. The lowest BCUT2D eigenvalue weighted by Crippen LogP contribution is -2.35. The van der Waals surface area contributed by atoms with Gasteiger partial charge in [0, 0.05) is 5.69 Å². The average Bonchev–Trinajstić information content (AvgIpc) is 2.67. The number of nitrogens with zero attached hydrogens (tertiary/aromatic N) is 3. The topological polar surface area (TPSA) is 126 Å². The lowest BCUT2D eigenvalue weighted by atomic mass is 9.74. The van der Waals surface area contributed by atoms with Gasteiger partial charge in [0.15, 0.2) is 0 Å². The Labute approximate surface area is 171 Å². The van der Waals surface area contributed by atoms with Crippen molar-refractivity contribution in [3.05, 3.63) is 58.7 Å². The number of allylic oxidation sites excluding steroid dienone is 5. The Morgan fingerprint density at radius 3 is 2.41 bits per heavy atom. The number of carbonyl (C=O) groups is 1. The van der Waals surface area contributed by atoms with Crippen molar-refractivity contribution < 1.29 is 4.79 Å². The molecular formula is C23H23N5O. The first kappa shape index (κ1) is 21.6. The molecule has 29 heavy (non-hydrogen) atoms. The van der Waals surface area contributed by atoms with E-state index in [-0.39, 0.29) is 17.4 Å². The normalized spacial score (nSPS) is 16.1. The predicted octanol–water partition coefficient (Wildman–Crippen LogP) is 3.97. The molecule has 1 aromatic rings. The summed E-state index contributed by atoms with van der Waals surface area (Å²) in [6, 6.07) is 12.2. The van der Waals surface area contributed by atoms with Gasteiger partial charge in [-0.15, -0.1) is 0 Å². The molecule has 0 saturated carbocycles. The lowest BCUT2D eigenvalue weighted by molar-refractivity contribution is -0.117. The van der Waals surface area contributed by atoms with Gasteiger partial charge in [0.1, 0.15) is 17.7 Å². The second-order valence-electron chi connectivity index (χ2n) is 7.77. The first-order chi connectivity index (χ1) is 13.8. The summed E-state index contributed by atoms with van der Waals surface area (Å²) in [5.41, 5.74) is 9.13. The van der Waals surface area contributed by atoms with Crippen LogP contribution in [-0.4, -0.2) is 11.9 Å². The van der Waals surface area contributed by atoms with E-state index in [4.69, 9.17) is 21.5 Å². The highest BCUT2D eigenvalue weighted by Crippen LogP contribution is 2.39. The van der Waals surface area contributed by atoms with E-state index in [1.165, 1.54) is 0 Å². The molecule has 1 aliphatic rings. The fourth-order valence-electron chi connectivity index (χ4n) is 3.20. The Kier molecular flexibility index (Phi) is 7.10. The van der Waals surface area contributed by atoms with Crippen LogP contribution in [0.1, 0.15) is 38.7 Å². The van der Waals surface area contributed by atoms with Crippen LogP contribution in [0.15, 0.2) is 53.1 Å². The minimum absolute atomic E-state index is 0.0287. The number of nitriles is 3. The maximum atomic E-state index is 11.9. The highest BCUT2D eigenvalue weighted by molar-refractivity contribution is 5.94. The van der Waals surface area contributed by atoms with E-state index in [0.717, 1.165) is 23.1 Å². The van der Waals surface area contributed by atoms with Gasteiger partial charge in [-0.1, -0.05) is 44.2 Å². The third-order valence-electron chi connectivity index (χ3n) is 4.57. The van der Waals surface area contributed by atoms with Gasteiger partial charge in [-0.2, -0.15) is 15.8 Å². The first-order valence-electron chi connectivity index (χ1n) is 9.23. The Balaban J connectivity index is 2.14. The van der Waals surface area contributed by atoms with Crippen LogP contribution >= 0.6 is 0 Å². The fourth-order valence-corrected chi connectivity index (χ4v) is 3.20.